The summed E-state index contributed by atoms with van der Waals surface area (Å²) in [5.41, 5.74) is 2.46. The summed E-state index contributed by atoms with van der Waals surface area (Å²) in [4.78, 5) is 11.8. The number of benzene rings is 2. The quantitative estimate of drug-likeness (QED) is 0.776. The number of carbonyl (C=O) groups is 1. The smallest absolute Gasteiger partial charge is 0.133 e. The molecule has 2 aromatic rings. The molecular formula is C17H18O. The van der Waals surface area contributed by atoms with Gasteiger partial charge in [-0.2, -0.15) is 0 Å². The molecule has 0 bridgehead atoms. The molecule has 0 radical (unpaired) electrons. The van der Waals surface area contributed by atoms with E-state index < -0.39 is 0 Å². The van der Waals surface area contributed by atoms with E-state index in [2.05, 4.69) is 24.3 Å². The molecule has 0 saturated heterocycles. The second-order valence-electron chi connectivity index (χ2n) is 4.69. The molecule has 18 heavy (non-hydrogen) atoms. The van der Waals surface area contributed by atoms with E-state index in [1.807, 2.05) is 36.4 Å². The first-order valence-electron chi connectivity index (χ1n) is 6.34. The van der Waals surface area contributed by atoms with Crippen molar-refractivity contribution in [3.63, 3.8) is 0 Å². The van der Waals surface area contributed by atoms with E-state index in [1.165, 1.54) is 11.1 Å². The number of ketones is 1. The highest BCUT2D eigenvalue weighted by Gasteiger charge is 2.15. The van der Waals surface area contributed by atoms with Gasteiger partial charge in [-0.1, -0.05) is 60.7 Å². The number of hydrogen-bond acceptors (Lipinski definition) is 1. The first-order valence-corrected chi connectivity index (χ1v) is 6.34. The van der Waals surface area contributed by atoms with Gasteiger partial charge in [0.25, 0.3) is 0 Å². The maximum atomic E-state index is 11.8. The number of hydrogen-bond donors (Lipinski definition) is 0. The van der Waals surface area contributed by atoms with E-state index in [9.17, 15) is 4.79 Å². The molecular weight excluding hydrogens is 220 g/mol. The van der Waals surface area contributed by atoms with E-state index in [0.717, 1.165) is 12.8 Å². The minimum atomic E-state index is 0.0785. The van der Waals surface area contributed by atoms with Gasteiger partial charge in [-0.3, -0.25) is 4.79 Å². The van der Waals surface area contributed by atoms with Gasteiger partial charge >= 0.3 is 0 Å². The van der Waals surface area contributed by atoms with Crippen LogP contribution in [0, 0.1) is 5.92 Å². The van der Waals surface area contributed by atoms with Crippen LogP contribution in [0.3, 0.4) is 0 Å². The van der Waals surface area contributed by atoms with Crippen molar-refractivity contribution < 1.29 is 4.79 Å². The topological polar surface area (TPSA) is 17.1 Å². The average molecular weight is 238 g/mol. The van der Waals surface area contributed by atoms with Crippen LogP contribution in [0.1, 0.15) is 18.1 Å². The normalized spacial score (nSPS) is 10.6. The minimum absolute atomic E-state index is 0.0785. The van der Waals surface area contributed by atoms with E-state index in [1.54, 1.807) is 6.92 Å². The lowest BCUT2D eigenvalue weighted by atomic mass is 9.90. The molecule has 2 rings (SSSR count). The van der Waals surface area contributed by atoms with E-state index in [-0.39, 0.29) is 11.7 Å². The molecule has 0 aliphatic carbocycles. The molecule has 1 nitrogen and oxygen atoms in total. The van der Waals surface area contributed by atoms with Crippen LogP contribution in [0.15, 0.2) is 60.7 Å². The number of carbonyl (C=O) groups excluding carboxylic acids is 1. The van der Waals surface area contributed by atoms with Crippen LogP contribution in [-0.2, 0) is 17.6 Å². The Morgan fingerprint density at radius 2 is 1.22 bits per heavy atom. The molecule has 0 atom stereocenters. The third-order valence-electron chi connectivity index (χ3n) is 3.22. The van der Waals surface area contributed by atoms with Crippen molar-refractivity contribution in [3.8, 4) is 0 Å². The second kappa shape index (κ2) is 6.15. The highest BCUT2D eigenvalue weighted by atomic mass is 16.1. The fourth-order valence-corrected chi connectivity index (χ4v) is 2.16. The van der Waals surface area contributed by atoms with Gasteiger partial charge in [0.05, 0.1) is 0 Å². The summed E-state index contributed by atoms with van der Waals surface area (Å²) < 4.78 is 0. The van der Waals surface area contributed by atoms with Crippen LogP contribution in [0.5, 0.6) is 0 Å². The van der Waals surface area contributed by atoms with Crippen LogP contribution >= 0.6 is 0 Å². The van der Waals surface area contributed by atoms with Gasteiger partial charge in [-0.05, 0) is 30.9 Å². The molecule has 0 heterocycles. The highest BCUT2D eigenvalue weighted by molar-refractivity contribution is 5.78. The van der Waals surface area contributed by atoms with Crippen LogP contribution in [-0.4, -0.2) is 5.78 Å². The third-order valence-corrected chi connectivity index (χ3v) is 3.22. The van der Waals surface area contributed by atoms with E-state index in [0.29, 0.717) is 0 Å². The lowest BCUT2D eigenvalue weighted by Crippen LogP contribution is -2.16. The van der Waals surface area contributed by atoms with Crippen molar-refractivity contribution in [2.75, 3.05) is 0 Å². The monoisotopic (exact) mass is 238 g/mol. The Balaban J connectivity index is 2.08. The van der Waals surface area contributed by atoms with Crippen molar-refractivity contribution in [1.29, 1.82) is 0 Å². The van der Waals surface area contributed by atoms with Crippen LogP contribution in [0.4, 0.5) is 0 Å². The zero-order valence-corrected chi connectivity index (χ0v) is 10.7. The zero-order valence-electron chi connectivity index (χ0n) is 10.7. The van der Waals surface area contributed by atoms with Gasteiger partial charge in [-0.25, -0.2) is 0 Å². The molecule has 0 N–H and O–H groups in total. The van der Waals surface area contributed by atoms with Gasteiger partial charge in [0, 0.05) is 5.92 Å². The molecule has 0 aliphatic heterocycles. The summed E-state index contributed by atoms with van der Waals surface area (Å²) in [5, 5.41) is 0. The number of rotatable bonds is 5. The van der Waals surface area contributed by atoms with Gasteiger partial charge in [-0.15, -0.1) is 0 Å². The van der Waals surface area contributed by atoms with E-state index in [4.69, 9.17) is 0 Å². The predicted molar refractivity (Wildman–Crippen MR) is 74.5 cm³/mol. The van der Waals surface area contributed by atoms with Crippen molar-refractivity contribution in [2.24, 2.45) is 5.92 Å². The highest BCUT2D eigenvalue weighted by Crippen LogP contribution is 2.15. The van der Waals surface area contributed by atoms with Crippen molar-refractivity contribution in [1.82, 2.24) is 0 Å². The molecule has 92 valence electrons. The Hall–Kier alpha value is -1.89. The second-order valence-corrected chi connectivity index (χ2v) is 4.69. The molecule has 0 fully saturated rings. The first-order chi connectivity index (χ1) is 8.75. The summed E-state index contributed by atoms with van der Waals surface area (Å²) in [6.45, 7) is 1.69. The number of Topliss-reactive ketones (excluding diaryl/α,β-unsaturated/α-hetero) is 1. The standard InChI is InChI=1S/C17H18O/c1-14(18)17(12-15-8-4-2-5-9-15)13-16-10-6-3-7-11-16/h2-11,17H,12-13H2,1H3. The SMILES string of the molecule is CC(=O)C(Cc1ccccc1)Cc1ccccc1. The largest absolute Gasteiger partial charge is 0.300 e. The summed E-state index contributed by atoms with van der Waals surface area (Å²) in [6, 6.07) is 20.4. The van der Waals surface area contributed by atoms with Gasteiger partial charge in [0.2, 0.25) is 0 Å². The van der Waals surface area contributed by atoms with E-state index >= 15 is 0 Å². The molecule has 1 heteroatoms. The predicted octanol–water partition coefficient (Wildman–Crippen LogP) is 3.68. The van der Waals surface area contributed by atoms with Crippen molar-refractivity contribution in [2.45, 2.75) is 19.8 Å². The average Bonchev–Trinajstić information content (AvgIpc) is 2.40. The Morgan fingerprint density at radius 3 is 1.56 bits per heavy atom. The Morgan fingerprint density at radius 1 is 0.833 bits per heavy atom. The fraction of sp³-hybridized carbons (Fsp3) is 0.235. The minimum Gasteiger partial charge on any atom is -0.300 e. The molecule has 0 spiro atoms. The molecule has 0 aliphatic rings. The molecule has 0 unspecified atom stereocenters. The Labute approximate surface area is 108 Å². The van der Waals surface area contributed by atoms with Gasteiger partial charge in [0.15, 0.2) is 0 Å². The third kappa shape index (κ3) is 3.56. The lowest BCUT2D eigenvalue weighted by molar-refractivity contribution is -0.120. The zero-order chi connectivity index (χ0) is 12.8. The molecule has 0 saturated carbocycles. The summed E-state index contributed by atoms with van der Waals surface area (Å²) in [5.74, 6) is 0.345. The summed E-state index contributed by atoms with van der Waals surface area (Å²) >= 11 is 0. The van der Waals surface area contributed by atoms with Crippen LogP contribution in [0.2, 0.25) is 0 Å². The maximum Gasteiger partial charge on any atom is 0.133 e. The maximum absolute atomic E-state index is 11.8. The van der Waals surface area contributed by atoms with Gasteiger partial charge < -0.3 is 0 Å². The Kier molecular flexibility index (Phi) is 4.30. The summed E-state index contributed by atoms with van der Waals surface area (Å²) in [7, 11) is 0. The van der Waals surface area contributed by atoms with Crippen LogP contribution < -0.4 is 0 Å². The molecule has 0 amide bonds. The first kappa shape index (κ1) is 12.6. The Bertz CT molecular complexity index is 446. The lowest BCUT2D eigenvalue weighted by Gasteiger charge is -2.14. The van der Waals surface area contributed by atoms with Crippen molar-refractivity contribution in [3.05, 3.63) is 71.8 Å². The van der Waals surface area contributed by atoms with Crippen LogP contribution in [0.25, 0.3) is 0 Å². The molecule has 2 aromatic carbocycles. The summed E-state index contributed by atoms with van der Waals surface area (Å²) in [6.07, 6.45) is 1.65. The fourth-order valence-electron chi connectivity index (χ4n) is 2.16. The molecule has 0 aromatic heterocycles. The van der Waals surface area contributed by atoms with Gasteiger partial charge in [0.1, 0.15) is 5.78 Å². The van der Waals surface area contributed by atoms with Crippen molar-refractivity contribution >= 4 is 5.78 Å².